The van der Waals surface area contributed by atoms with Gasteiger partial charge in [-0.1, -0.05) is 27.2 Å². The molecule has 2 heterocycles. The van der Waals surface area contributed by atoms with E-state index in [4.69, 9.17) is 4.74 Å². The molecule has 0 spiro atoms. The highest BCUT2D eigenvalue weighted by atomic mass is 16.5. The molecule has 2 aliphatic rings. The average molecular weight is 268 g/mol. The van der Waals surface area contributed by atoms with Crippen molar-refractivity contribution in [2.45, 2.75) is 40.0 Å². The largest absolute Gasteiger partial charge is 0.381 e. The lowest BCUT2D eigenvalue weighted by atomic mass is 9.86. The van der Waals surface area contributed by atoms with Gasteiger partial charge in [0.1, 0.15) is 0 Å². The zero-order valence-corrected chi connectivity index (χ0v) is 13.1. The van der Waals surface area contributed by atoms with Gasteiger partial charge in [-0.3, -0.25) is 0 Å². The predicted octanol–water partition coefficient (Wildman–Crippen LogP) is 2.37. The smallest absolute Gasteiger partial charge is 0.0547 e. The third-order valence-electron chi connectivity index (χ3n) is 4.74. The third-order valence-corrected chi connectivity index (χ3v) is 4.74. The van der Waals surface area contributed by atoms with E-state index in [1.54, 1.807) is 0 Å². The first-order chi connectivity index (χ1) is 9.13. The Morgan fingerprint density at radius 1 is 1.42 bits per heavy atom. The Bertz CT molecular complexity index is 261. The number of rotatable bonds is 7. The molecule has 0 bridgehead atoms. The Morgan fingerprint density at radius 2 is 2.26 bits per heavy atom. The van der Waals surface area contributed by atoms with Crippen LogP contribution in [0.5, 0.6) is 0 Å². The van der Waals surface area contributed by atoms with Crippen molar-refractivity contribution in [1.29, 1.82) is 0 Å². The molecule has 3 heteroatoms. The second kappa shape index (κ2) is 7.05. The highest BCUT2D eigenvalue weighted by Gasteiger charge is 2.37. The topological polar surface area (TPSA) is 24.5 Å². The van der Waals surface area contributed by atoms with Crippen LogP contribution < -0.4 is 5.32 Å². The van der Waals surface area contributed by atoms with Crippen molar-refractivity contribution in [2.75, 3.05) is 45.9 Å². The first kappa shape index (κ1) is 15.3. The molecular weight excluding hydrogens is 236 g/mol. The summed E-state index contributed by atoms with van der Waals surface area (Å²) in [5.74, 6) is 1.67. The van der Waals surface area contributed by atoms with Gasteiger partial charge in [0, 0.05) is 31.7 Å². The molecule has 2 aliphatic heterocycles. The summed E-state index contributed by atoms with van der Waals surface area (Å²) < 4.78 is 5.71. The van der Waals surface area contributed by atoms with Gasteiger partial charge in [0.15, 0.2) is 0 Å². The Labute approximate surface area is 119 Å². The van der Waals surface area contributed by atoms with Crippen molar-refractivity contribution in [1.82, 2.24) is 10.2 Å². The lowest BCUT2D eigenvalue weighted by Gasteiger charge is -2.33. The molecule has 0 aliphatic carbocycles. The lowest BCUT2D eigenvalue weighted by molar-refractivity contribution is 0.116. The van der Waals surface area contributed by atoms with Crippen LogP contribution in [0.2, 0.25) is 0 Å². The van der Waals surface area contributed by atoms with Crippen LogP contribution in [-0.4, -0.2) is 50.8 Å². The maximum absolute atomic E-state index is 5.71. The van der Waals surface area contributed by atoms with Gasteiger partial charge in [-0.25, -0.2) is 0 Å². The fraction of sp³-hybridized carbons (Fsp3) is 1.00. The molecule has 112 valence electrons. The van der Waals surface area contributed by atoms with Gasteiger partial charge in [0.2, 0.25) is 0 Å². The lowest BCUT2D eigenvalue weighted by Crippen LogP contribution is -2.44. The van der Waals surface area contributed by atoms with Crippen LogP contribution in [0.3, 0.4) is 0 Å². The van der Waals surface area contributed by atoms with Gasteiger partial charge in [-0.15, -0.1) is 0 Å². The van der Waals surface area contributed by atoms with E-state index in [1.165, 1.54) is 38.9 Å². The molecule has 19 heavy (non-hydrogen) atoms. The number of hydrogen-bond acceptors (Lipinski definition) is 3. The van der Waals surface area contributed by atoms with Crippen LogP contribution >= 0.6 is 0 Å². The zero-order chi connectivity index (χ0) is 13.7. The number of ether oxygens (including phenoxy) is 1. The molecule has 0 amide bonds. The second-order valence-corrected chi connectivity index (χ2v) is 7.13. The van der Waals surface area contributed by atoms with Crippen molar-refractivity contribution in [3.63, 3.8) is 0 Å². The fourth-order valence-corrected chi connectivity index (χ4v) is 3.46. The summed E-state index contributed by atoms with van der Waals surface area (Å²) in [5.41, 5.74) is 0.373. The summed E-state index contributed by atoms with van der Waals surface area (Å²) in [7, 11) is 0. The number of nitrogens with zero attached hydrogens (tertiary/aromatic N) is 1. The second-order valence-electron chi connectivity index (χ2n) is 7.13. The molecule has 0 aromatic heterocycles. The summed E-state index contributed by atoms with van der Waals surface area (Å²) >= 11 is 0. The van der Waals surface area contributed by atoms with Crippen LogP contribution in [0.15, 0.2) is 0 Å². The normalized spacial score (nSPS) is 32.5. The monoisotopic (exact) mass is 268 g/mol. The SMILES string of the molecule is CCC1CCN(CC2(CNCC(C)C)CCOC2)C1. The van der Waals surface area contributed by atoms with E-state index < -0.39 is 0 Å². The summed E-state index contributed by atoms with van der Waals surface area (Å²) in [6, 6.07) is 0. The predicted molar refractivity (Wildman–Crippen MR) is 80.4 cm³/mol. The van der Waals surface area contributed by atoms with E-state index in [1.807, 2.05) is 0 Å². The van der Waals surface area contributed by atoms with E-state index >= 15 is 0 Å². The molecule has 1 N–H and O–H groups in total. The van der Waals surface area contributed by atoms with Crippen molar-refractivity contribution in [3.8, 4) is 0 Å². The number of likely N-dealkylation sites (tertiary alicyclic amines) is 1. The fourth-order valence-electron chi connectivity index (χ4n) is 3.46. The standard InChI is InChI=1S/C16H32N2O/c1-4-15-5-7-18(10-15)12-16(6-8-19-13-16)11-17-9-14(2)3/h14-15,17H,4-13H2,1-3H3. The summed E-state index contributed by atoms with van der Waals surface area (Å²) in [6.45, 7) is 14.9. The van der Waals surface area contributed by atoms with Gasteiger partial charge in [-0.05, 0) is 37.8 Å². The van der Waals surface area contributed by atoms with Gasteiger partial charge >= 0.3 is 0 Å². The third kappa shape index (κ3) is 4.44. The number of hydrogen-bond donors (Lipinski definition) is 1. The van der Waals surface area contributed by atoms with Crippen LogP contribution in [0.25, 0.3) is 0 Å². The maximum Gasteiger partial charge on any atom is 0.0547 e. The molecule has 2 fully saturated rings. The van der Waals surface area contributed by atoms with E-state index in [0.717, 1.165) is 38.1 Å². The van der Waals surface area contributed by atoms with Crippen molar-refractivity contribution in [3.05, 3.63) is 0 Å². The molecule has 0 aromatic carbocycles. The van der Waals surface area contributed by atoms with Crippen molar-refractivity contribution in [2.24, 2.45) is 17.3 Å². The first-order valence-corrected chi connectivity index (χ1v) is 8.14. The summed E-state index contributed by atoms with van der Waals surface area (Å²) in [4.78, 5) is 2.68. The van der Waals surface area contributed by atoms with E-state index in [2.05, 4.69) is 31.0 Å². The van der Waals surface area contributed by atoms with Crippen LogP contribution in [-0.2, 0) is 4.74 Å². The molecular formula is C16H32N2O. The highest BCUT2D eigenvalue weighted by Crippen LogP contribution is 2.31. The molecule has 0 aromatic rings. The molecule has 2 rings (SSSR count). The van der Waals surface area contributed by atoms with E-state index in [-0.39, 0.29) is 0 Å². The maximum atomic E-state index is 5.71. The molecule has 2 atom stereocenters. The van der Waals surface area contributed by atoms with Crippen LogP contribution in [0, 0.1) is 17.3 Å². The van der Waals surface area contributed by atoms with Gasteiger partial charge in [-0.2, -0.15) is 0 Å². The molecule has 3 nitrogen and oxygen atoms in total. The minimum absolute atomic E-state index is 0.373. The molecule has 2 saturated heterocycles. The molecule has 0 saturated carbocycles. The minimum atomic E-state index is 0.373. The Hall–Kier alpha value is -0.120. The Morgan fingerprint density at radius 3 is 2.84 bits per heavy atom. The van der Waals surface area contributed by atoms with Gasteiger partial charge in [0.05, 0.1) is 6.61 Å². The number of nitrogens with one attached hydrogen (secondary N) is 1. The Kier molecular flexibility index (Phi) is 5.67. The van der Waals surface area contributed by atoms with Crippen molar-refractivity contribution < 1.29 is 4.74 Å². The average Bonchev–Trinajstić information content (AvgIpc) is 2.99. The Balaban J connectivity index is 1.81. The first-order valence-electron chi connectivity index (χ1n) is 8.14. The highest BCUT2D eigenvalue weighted by molar-refractivity contribution is 4.90. The molecule has 2 unspecified atom stereocenters. The minimum Gasteiger partial charge on any atom is -0.381 e. The van der Waals surface area contributed by atoms with Gasteiger partial charge < -0.3 is 15.0 Å². The molecule has 0 radical (unpaired) electrons. The van der Waals surface area contributed by atoms with Crippen LogP contribution in [0.1, 0.15) is 40.0 Å². The summed E-state index contributed by atoms with van der Waals surface area (Å²) in [5, 5.41) is 3.66. The van der Waals surface area contributed by atoms with E-state index in [0.29, 0.717) is 5.41 Å². The van der Waals surface area contributed by atoms with Crippen LogP contribution in [0.4, 0.5) is 0 Å². The van der Waals surface area contributed by atoms with E-state index in [9.17, 15) is 0 Å². The zero-order valence-electron chi connectivity index (χ0n) is 13.1. The quantitative estimate of drug-likeness (QED) is 0.767. The van der Waals surface area contributed by atoms with Crippen molar-refractivity contribution >= 4 is 0 Å². The summed E-state index contributed by atoms with van der Waals surface area (Å²) in [6.07, 6.45) is 3.96. The van der Waals surface area contributed by atoms with Gasteiger partial charge in [0.25, 0.3) is 0 Å².